The van der Waals surface area contributed by atoms with Crippen molar-refractivity contribution in [2.45, 2.75) is 13.0 Å². The second-order valence-corrected chi connectivity index (χ2v) is 4.77. The van der Waals surface area contributed by atoms with Gasteiger partial charge in [-0.1, -0.05) is 35.3 Å². The molecule has 0 bridgehead atoms. The number of nitrogens with one attached hydrogen (secondary N) is 1. The fraction of sp³-hybridized carbons (Fsp3) is 0.308. The summed E-state index contributed by atoms with van der Waals surface area (Å²) >= 11 is 12.0. The van der Waals surface area contributed by atoms with Crippen molar-refractivity contribution in [1.29, 1.82) is 0 Å². The Kier molecular flexibility index (Phi) is 5.51. The summed E-state index contributed by atoms with van der Waals surface area (Å²) in [4.78, 5) is 13.4. The van der Waals surface area contributed by atoms with Crippen molar-refractivity contribution >= 4 is 29.2 Å². The number of amides is 2. The number of rotatable bonds is 4. The first-order valence-corrected chi connectivity index (χ1v) is 6.29. The lowest BCUT2D eigenvalue weighted by Crippen LogP contribution is -2.38. The Bertz CT molecular complexity index is 449. The first kappa shape index (κ1) is 14.9. The van der Waals surface area contributed by atoms with Crippen LogP contribution in [0.2, 0.25) is 10.0 Å². The number of urea groups is 1. The van der Waals surface area contributed by atoms with E-state index in [1.165, 1.54) is 0 Å². The molecule has 0 aromatic heterocycles. The number of benzene rings is 1. The number of nitrogens with zero attached hydrogens (tertiary/aromatic N) is 1. The van der Waals surface area contributed by atoms with E-state index in [0.717, 1.165) is 5.56 Å². The predicted molar refractivity (Wildman–Crippen MR) is 76.2 cm³/mol. The minimum absolute atomic E-state index is 0.139. The summed E-state index contributed by atoms with van der Waals surface area (Å²) in [5.74, 6) is 0. The van der Waals surface area contributed by atoms with E-state index in [0.29, 0.717) is 16.6 Å². The number of hydrogen-bond donors (Lipinski definition) is 1. The van der Waals surface area contributed by atoms with Crippen LogP contribution in [0.4, 0.5) is 4.79 Å². The van der Waals surface area contributed by atoms with Crippen LogP contribution in [0.3, 0.4) is 0 Å². The van der Waals surface area contributed by atoms with Crippen LogP contribution in [0.15, 0.2) is 30.9 Å². The van der Waals surface area contributed by atoms with Crippen molar-refractivity contribution in [2.24, 2.45) is 0 Å². The van der Waals surface area contributed by atoms with Gasteiger partial charge in [-0.15, -0.1) is 6.58 Å². The van der Waals surface area contributed by atoms with E-state index in [2.05, 4.69) is 11.9 Å². The van der Waals surface area contributed by atoms with E-state index in [1.54, 1.807) is 30.2 Å². The van der Waals surface area contributed by atoms with Gasteiger partial charge in [0.15, 0.2) is 0 Å². The van der Waals surface area contributed by atoms with Crippen molar-refractivity contribution < 1.29 is 4.79 Å². The third-order valence-corrected chi connectivity index (χ3v) is 3.27. The number of carbonyl (C=O) groups excluding carboxylic acids is 1. The zero-order valence-electron chi connectivity index (χ0n) is 10.4. The molecule has 1 aromatic rings. The normalized spacial score (nSPS) is 11.8. The Morgan fingerprint density at radius 1 is 1.56 bits per heavy atom. The quantitative estimate of drug-likeness (QED) is 0.837. The highest BCUT2D eigenvalue weighted by Crippen LogP contribution is 2.28. The molecule has 98 valence electrons. The Morgan fingerprint density at radius 3 is 2.78 bits per heavy atom. The van der Waals surface area contributed by atoms with Gasteiger partial charge in [-0.3, -0.25) is 0 Å². The van der Waals surface area contributed by atoms with Crippen LogP contribution >= 0.6 is 23.2 Å². The topological polar surface area (TPSA) is 32.3 Å². The molecule has 5 heteroatoms. The molecule has 0 saturated carbocycles. The highest BCUT2D eigenvalue weighted by atomic mass is 35.5. The first-order chi connectivity index (χ1) is 8.47. The molecule has 1 rings (SSSR count). The van der Waals surface area contributed by atoms with E-state index >= 15 is 0 Å². The molecule has 0 saturated heterocycles. The minimum atomic E-state index is -0.173. The smallest absolute Gasteiger partial charge is 0.317 e. The van der Waals surface area contributed by atoms with Crippen LogP contribution in [0, 0.1) is 0 Å². The number of halogens is 2. The highest BCUT2D eigenvalue weighted by Gasteiger charge is 2.18. The molecule has 0 fully saturated rings. The average Bonchev–Trinajstić information content (AvgIpc) is 2.34. The first-order valence-electron chi connectivity index (χ1n) is 5.54. The van der Waals surface area contributed by atoms with Gasteiger partial charge >= 0.3 is 6.03 Å². The number of hydrogen-bond acceptors (Lipinski definition) is 1. The van der Waals surface area contributed by atoms with E-state index < -0.39 is 0 Å². The lowest BCUT2D eigenvalue weighted by molar-refractivity contribution is 0.195. The fourth-order valence-corrected chi connectivity index (χ4v) is 2.08. The van der Waals surface area contributed by atoms with Gasteiger partial charge in [0.25, 0.3) is 0 Å². The Balaban J connectivity index is 2.82. The van der Waals surface area contributed by atoms with Crippen LogP contribution in [0.25, 0.3) is 0 Å². The zero-order valence-corrected chi connectivity index (χ0v) is 11.9. The standard InChI is InChI=1S/C13H16Cl2N2O/c1-4-7-16-13(18)17(3)9(2)11-6-5-10(14)8-12(11)15/h4-6,8-9H,1,7H2,2-3H3,(H,16,18). The molecule has 1 aromatic carbocycles. The van der Waals surface area contributed by atoms with E-state index in [9.17, 15) is 4.79 Å². The second kappa shape index (κ2) is 6.66. The molecule has 3 nitrogen and oxygen atoms in total. The largest absolute Gasteiger partial charge is 0.335 e. The van der Waals surface area contributed by atoms with Crippen LogP contribution < -0.4 is 5.32 Å². The van der Waals surface area contributed by atoms with Crippen LogP contribution in [0.1, 0.15) is 18.5 Å². The average molecular weight is 287 g/mol. The van der Waals surface area contributed by atoms with Gasteiger partial charge in [0, 0.05) is 23.6 Å². The van der Waals surface area contributed by atoms with Gasteiger partial charge < -0.3 is 10.2 Å². The van der Waals surface area contributed by atoms with Crippen molar-refractivity contribution in [3.8, 4) is 0 Å². The van der Waals surface area contributed by atoms with Gasteiger partial charge in [0.1, 0.15) is 0 Å². The van der Waals surface area contributed by atoms with Crippen molar-refractivity contribution in [3.05, 3.63) is 46.5 Å². The third-order valence-electron chi connectivity index (χ3n) is 2.71. The second-order valence-electron chi connectivity index (χ2n) is 3.93. The summed E-state index contributed by atoms with van der Waals surface area (Å²) in [7, 11) is 1.72. The maximum absolute atomic E-state index is 11.8. The van der Waals surface area contributed by atoms with Gasteiger partial charge in [0.05, 0.1) is 6.04 Å². The zero-order chi connectivity index (χ0) is 13.7. The molecule has 2 amide bonds. The van der Waals surface area contributed by atoms with E-state index in [-0.39, 0.29) is 12.1 Å². The highest BCUT2D eigenvalue weighted by molar-refractivity contribution is 6.35. The SMILES string of the molecule is C=CCNC(=O)N(C)C(C)c1ccc(Cl)cc1Cl. The molecule has 18 heavy (non-hydrogen) atoms. The van der Waals surface area contributed by atoms with Gasteiger partial charge in [-0.05, 0) is 24.6 Å². The third kappa shape index (κ3) is 3.65. The maximum atomic E-state index is 11.8. The minimum Gasteiger partial charge on any atom is -0.335 e. The summed E-state index contributed by atoms with van der Waals surface area (Å²) < 4.78 is 0. The summed E-state index contributed by atoms with van der Waals surface area (Å²) in [6.45, 7) is 5.89. The lowest BCUT2D eigenvalue weighted by Gasteiger charge is -2.26. The number of carbonyl (C=O) groups is 1. The maximum Gasteiger partial charge on any atom is 0.317 e. The van der Waals surface area contributed by atoms with Crippen LogP contribution in [-0.2, 0) is 0 Å². The van der Waals surface area contributed by atoms with E-state index in [4.69, 9.17) is 23.2 Å². The fourth-order valence-electron chi connectivity index (χ4n) is 1.51. The summed E-state index contributed by atoms with van der Waals surface area (Å²) in [5, 5.41) is 3.85. The van der Waals surface area contributed by atoms with Crippen LogP contribution in [-0.4, -0.2) is 24.5 Å². The molecular weight excluding hydrogens is 271 g/mol. The van der Waals surface area contributed by atoms with Gasteiger partial charge in [0.2, 0.25) is 0 Å². The molecular formula is C13H16Cl2N2O. The molecule has 0 aliphatic carbocycles. The molecule has 1 atom stereocenters. The molecule has 0 spiro atoms. The van der Waals surface area contributed by atoms with Crippen molar-refractivity contribution in [1.82, 2.24) is 10.2 Å². The van der Waals surface area contributed by atoms with Gasteiger partial charge in [-0.25, -0.2) is 4.79 Å². The van der Waals surface area contributed by atoms with Gasteiger partial charge in [-0.2, -0.15) is 0 Å². The monoisotopic (exact) mass is 286 g/mol. The predicted octanol–water partition coefficient (Wildman–Crippen LogP) is 3.88. The van der Waals surface area contributed by atoms with Crippen LogP contribution in [0.5, 0.6) is 0 Å². The molecule has 0 aliphatic rings. The Hall–Kier alpha value is -1.19. The molecule has 1 unspecified atom stereocenters. The summed E-state index contributed by atoms with van der Waals surface area (Å²) in [6, 6.07) is 4.94. The summed E-state index contributed by atoms with van der Waals surface area (Å²) in [5.41, 5.74) is 0.859. The van der Waals surface area contributed by atoms with Crippen molar-refractivity contribution in [3.63, 3.8) is 0 Å². The molecule has 0 heterocycles. The van der Waals surface area contributed by atoms with E-state index in [1.807, 2.05) is 13.0 Å². The molecule has 1 N–H and O–H groups in total. The lowest BCUT2D eigenvalue weighted by atomic mass is 10.1. The molecule has 0 radical (unpaired) electrons. The molecule has 0 aliphatic heterocycles. The summed E-state index contributed by atoms with van der Waals surface area (Å²) in [6.07, 6.45) is 1.63. The Labute approximate surface area is 117 Å². The van der Waals surface area contributed by atoms with Crippen molar-refractivity contribution in [2.75, 3.05) is 13.6 Å². The Morgan fingerprint density at radius 2 is 2.22 bits per heavy atom.